The summed E-state index contributed by atoms with van der Waals surface area (Å²) >= 11 is 0. The monoisotopic (exact) mass is 263 g/mol. The van der Waals surface area contributed by atoms with Gasteiger partial charge in [0.2, 0.25) is 5.96 Å². The summed E-state index contributed by atoms with van der Waals surface area (Å²) in [6, 6.07) is 7.73. The smallest absolute Gasteiger partial charge is 0.413 e. The van der Waals surface area contributed by atoms with Crippen LogP contribution in [0, 0.1) is 0 Å². The molecule has 1 aliphatic rings. The summed E-state index contributed by atoms with van der Waals surface area (Å²) in [5, 5.41) is 2.59. The zero-order chi connectivity index (χ0) is 13.8. The Hall–Kier alpha value is -2.24. The van der Waals surface area contributed by atoms with Gasteiger partial charge < -0.3 is 14.4 Å². The summed E-state index contributed by atoms with van der Waals surface area (Å²) in [4.78, 5) is 17.5. The molecule has 102 valence electrons. The molecule has 0 bridgehead atoms. The fraction of sp³-hybridized carbons (Fsp3) is 0.385. The van der Waals surface area contributed by atoms with E-state index in [1.54, 1.807) is 7.11 Å². The lowest BCUT2D eigenvalue weighted by Crippen LogP contribution is -2.39. The van der Waals surface area contributed by atoms with Crippen LogP contribution in [-0.2, 0) is 4.74 Å². The van der Waals surface area contributed by atoms with Gasteiger partial charge in [-0.05, 0) is 17.7 Å². The molecule has 0 aliphatic carbocycles. The highest BCUT2D eigenvalue weighted by Gasteiger charge is 2.25. The molecule has 19 heavy (non-hydrogen) atoms. The third-order valence-electron chi connectivity index (χ3n) is 2.96. The van der Waals surface area contributed by atoms with E-state index < -0.39 is 6.09 Å². The topological polar surface area (TPSA) is 63.2 Å². The minimum atomic E-state index is -0.517. The van der Waals surface area contributed by atoms with Crippen molar-refractivity contribution in [3.63, 3.8) is 0 Å². The van der Waals surface area contributed by atoms with E-state index in [0.717, 1.165) is 11.3 Å². The molecule has 1 unspecified atom stereocenters. The Morgan fingerprint density at radius 2 is 2.26 bits per heavy atom. The summed E-state index contributed by atoms with van der Waals surface area (Å²) in [7, 11) is 4.83. The molecule has 1 aromatic rings. The minimum Gasteiger partial charge on any atom is -0.497 e. The predicted molar refractivity (Wildman–Crippen MR) is 71.3 cm³/mol. The number of nitrogens with one attached hydrogen (secondary N) is 1. The van der Waals surface area contributed by atoms with E-state index in [1.165, 1.54) is 7.11 Å². The number of likely N-dealkylation sites (N-methyl/N-ethyl adjacent to an activating group) is 1. The molecule has 0 spiro atoms. The second-order valence-corrected chi connectivity index (χ2v) is 4.24. The molecule has 1 aromatic carbocycles. The number of aliphatic imine (C=N–C) groups is 1. The van der Waals surface area contributed by atoms with E-state index >= 15 is 0 Å². The lowest BCUT2D eigenvalue weighted by atomic mass is 10.1. The normalized spacial score (nSPS) is 17.9. The molecule has 0 radical (unpaired) electrons. The van der Waals surface area contributed by atoms with Crippen LogP contribution in [0.3, 0.4) is 0 Å². The van der Waals surface area contributed by atoms with Crippen LogP contribution in [0.25, 0.3) is 0 Å². The summed E-state index contributed by atoms with van der Waals surface area (Å²) in [6.07, 6.45) is -0.517. The van der Waals surface area contributed by atoms with Crippen molar-refractivity contribution in [3.8, 4) is 5.75 Å². The second kappa shape index (κ2) is 5.60. The molecular weight excluding hydrogens is 246 g/mol. The number of nitrogens with zero attached hydrogens (tertiary/aromatic N) is 2. The predicted octanol–water partition coefficient (Wildman–Crippen LogP) is 1.39. The largest absolute Gasteiger partial charge is 0.497 e. The maximum absolute atomic E-state index is 11.2. The first-order chi connectivity index (χ1) is 9.13. The molecule has 6 heteroatoms. The van der Waals surface area contributed by atoms with E-state index in [1.807, 2.05) is 36.2 Å². The molecule has 1 amide bonds. The van der Waals surface area contributed by atoms with Gasteiger partial charge in [0.25, 0.3) is 0 Å². The van der Waals surface area contributed by atoms with E-state index in [2.05, 4.69) is 15.0 Å². The quantitative estimate of drug-likeness (QED) is 0.876. The number of carbonyl (C=O) groups excluding carboxylic acids is 1. The van der Waals surface area contributed by atoms with Crippen LogP contribution >= 0.6 is 0 Å². The Bertz CT molecular complexity index is 502. The number of methoxy groups -OCH3 is 2. The Balaban J connectivity index is 2.16. The minimum absolute atomic E-state index is 0.0211. The number of hydrogen-bond acceptors (Lipinski definition) is 5. The zero-order valence-electron chi connectivity index (χ0n) is 11.2. The number of ether oxygens (including phenoxy) is 2. The fourth-order valence-corrected chi connectivity index (χ4v) is 1.93. The number of rotatable bonds is 2. The first kappa shape index (κ1) is 13.2. The van der Waals surface area contributed by atoms with Crippen molar-refractivity contribution >= 4 is 12.1 Å². The van der Waals surface area contributed by atoms with Crippen LogP contribution in [-0.4, -0.2) is 44.8 Å². The Kier molecular flexibility index (Phi) is 3.89. The summed E-state index contributed by atoms with van der Waals surface area (Å²) in [5.74, 6) is 1.31. The van der Waals surface area contributed by atoms with Crippen molar-refractivity contribution < 1.29 is 14.3 Å². The summed E-state index contributed by atoms with van der Waals surface area (Å²) < 4.78 is 9.76. The molecule has 1 atom stereocenters. The van der Waals surface area contributed by atoms with E-state index in [9.17, 15) is 4.79 Å². The van der Waals surface area contributed by atoms with Crippen molar-refractivity contribution in [2.24, 2.45) is 4.99 Å². The van der Waals surface area contributed by atoms with Gasteiger partial charge in [-0.3, -0.25) is 5.32 Å². The van der Waals surface area contributed by atoms with Crippen LogP contribution in [0.5, 0.6) is 5.75 Å². The molecule has 6 nitrogen and oxygen atoms in total. The van der Waals surface area contributed by atoms with Crippen molar-refractivity contribution in [2.45, 2.75) is 6.04 Å². The number of amides is 1. The van der Waals surface area contributed by atoms with E-state index in [0.29, 0.717) is 12.5 Å². The highest BCUT2D eigenvalue weighted by molar-refractivity contribution is 5.94. The van der Waals surface area contributed by atoms with Crippen LogP contribution in [0.1, 0.15) is 11.6 Å². The fourth-order valence-electron chi connectivity index (χ4n) is 1.93. The van der Waals surface area contributed by atoms with Gasteiger partial charge in [-0.25, -0.2) is 9.79 Å². The number of hydrogen-bond donors (Lipinski definition) is 1. The van der Waals surface area contributed by atoms with Crippen molar-refractivity contribution in [3.05, 3.63) is 29.8 Å². The van der Waals surface area contributed by atoms with Gasteiger partial charge in [-0.1, -0.05) is 12.1 Å². The van der Waals surface area contributed by atoms with Gasteiger partial charge in [0.05, 0.1) is 20.3 Å². The highest BCUT2D eigenvalue weighted by atomic mass is 16.5. The lowest BCUT2D eigenvalue weighted by Gasteiger charge is -2.14. The molecule has 0 aromatic heterocycles. The van der Waals surface area contributed by atoms with Crippen LogP contribution in [0.15, 0.2) is 29.3 Å². The average molecular weight is 263 g/mol. The van der Waals surface area contributed by atoms with Crippen molar-refractivity contribution in [1.29, 1.82) is 0 Å². The Morgan fingerprint density at radius 1 is 1.47 bits per heavy atom. The van der Waals surface area contributed by atoms with Gasteiger partial charge in [0.1, 0.15) is 5.75 Å². The SMILES string of the molecule is COC(=O)NC1=NC(c2cccc(OC)c2)CN1C. The van der Waals surface area contributed by atoms with Crippen molar-refractivity contribution in [2.75, 3.05) is 27.8 Å². The van der Waals surface area contributed by atoms with Crippen LogP contribution in [0.2, 0.25) is 0 Å². The lowest BCUT2D eigenvalue weighted by molar-refractivity contribution is 0.176. The molecule has 1 heterocycles. The number of alkyl carbamates (subject to hydrolysis) is 1. The van der Waals surface area contributed by atoms with Gasteiger partial charge in [-0.15, -0.1) is 0 Å². The van der Waals surface area contributed by atoms with Gasteiger partial charge in [-0.2, -0.15) is 0 Å². The second-order valence-electron chi connectivity index (χ2n) is 4.24. The molecule has 0 saturated heterocycles. The van der Waals surface area contributed by atoms with Gasteiger partial charge >= 0.3 is 6.09 Å². The van der Waals surface area contributed by atoms with Crippen LogP contribution < -0.4 is 10.1 Å². The standard InChI is InChI=1S/C13H17N3O3/c1-16-8-11(14-12(16)15-13(17)19-3)9-5-4-6-10(7-9)18-2/h4-7,11H,8H2,1-3H3,(H,14,15,17). The van der Waals surface area contributed by atoms with E-state index in [-0.39, 0.29) is 6.04 Å². The third-order valence-corrected chi connectivity index (χ3v) is 2.96. The maximum atomic E-state index is 11.2. The molecule has 1 aliphatic heterocycles. The van der Waals surface area contributed by atoms with Gasteiger partial charge in [0.15, 0.2) is 0 Å². The average Bonchev–Trinajstić information content (AvgIpc) is 2.80. The molecule has 0 fully saturated rings. The Labute approximate surface area is 112 Å². The van der Waals surface area contributed by atoms with E-state index in [4.69, 9.17) is 4.74 Å². The molecule has 2 rings (SSSR count). The Morgan fingerprint density at radius 3 is 2.95 bits per heavy atom. The zero-order valence-corrected chi connectivity index (χ0v) is 11.2. The van der Waals surface area contributed by atoms with Crippen LogP contribution in [0.4, 0.5) is 4.79 Å². The third kappa shape index (κ3) is 2.96. The maximum Gasteiger partial charge on any atom is 0.413 e. The first-order valence-corrected chi connectivity index (χ1v) is 5.92. The first-order valence-electron chi connectivity index (χ1n) is 5.92. The van der Waals surface area contributed by atoms with Gasteiger partial charge in [0, 0.05) is 13.6 Å². The van der Waals surface area contributed by atoms with Crippen molar-refractivity contribution in [1.82, 2.24) is 10.2 Å². The summed E-state index contributed by atoms with van der Waals surface area (Å²) in [5.41, 5.74) is 1.05. The molecular formula is C13H17N3O3. The number of benzene rings is 1. The summed E-state index contributed by atoms with van der Waals surface area (Å²) in [6.45, 7) is 0.701. The molecule has 1 N–H and O–H groups in total. The number of carbonyl (C=O) groups is 1. The molecule has 0 saturated carbocycles. The highest BCUT2D eigenvalue weighted by Crippen LogP contribution is 2.26. The number of guanidine groups is 1.